The van der Waals surface area contributed by atoms with Crippen LogP contribution < -0.4 is 0 Å². The Bertz CT molecular complexity index is 73.3. The van der Waals surface area contributed by atoms with Gasteiger partial charge in [-0.1, -0.05) is 0 Å². The fourth-order valence-electron chi connectivity index (χ4n) is 0.657. The topological polar surface area (TPSA) is 35.5 Å². The van der Waals surface area contributed by atoms with Crippen LogP contribution in [-0.4, -0.2) is 26.8 Å². The van der Waals surface area contributed by atoms with Crippen molar-refractivity contribution >= 4 is 6.47 Å². The summed E-state index contributed by atoms with van der Waals surface area (Å²) in [6.45, 7) is 1.81. The van der Waals surface area contributed by atoms with Crippen molar-refractivity contribution in [3.8, 4) is 0 Å². The van der Waals surface area contributed by atoms with Crippen LogP contribution in [0.5, 0.6) is 0 Å². The Morgan fingerprint density at radius 2 is 1.90 bits per heavy atom. The Morgan fingerprint density at radius 3 is 2.50 bits per heavy atom. The van der Waals surface area contributed by atoms with Crippen molar-refractivity contribution < 1.29 is 14.3 Å². The molecule has 0 atom stereocenters. The average Bonchev–Trinajstić information content (AvgIpc) is 1.97. The fraction of sp³-hybridized carbons (Fsp3) is 0.857. The van der Waals surface area contributed by atoms with Crippen molar-refractivity contribution in [2.45, 2.75) is 19.3 Å². The second-order valence-corrected chi connectivity index (χ2v) is 2.02. The number of ether oxygens (including phenoxy) is 2. The predicted octanol–water partition coefficient (Wildman–Crippen LogP) is 0.976. The molecule has 0 saturated heterocycles. The van der Waals surface area contributed by atoms with E-state index in [2.05, 4.69) is 4.74 Å². The van der Waals surface area contributed by atoms with Gasteiger partial charge < -0.3 is 9.47 Å². The first kappa shape index (κ1) is 9.43. The van der Waals surface area contributed by atoms with Crippen molar-refractivity contribution in [1.29, 1.82) is 0 Å². The summed E-state index contributed by atoms with van der Waals surface area (Å²) in [6, 6.07) is 0. The molecule has 0 N–H and O–H groups in total. The first-order valence-corrected chi connectivity index (χ1v) is 3.46. The van der Waals surface area contributed by atoms with Crippen LogP contribution >= 0.6 is 0 Å². The van der Waals surface area contributed by atoms with Crippen LogP contribution in [0.3, 0.4) is 0 Å². The van der Waals surface area contributed by atoms with Crippen molar-refractivity contribution in [2.75, 3.05) is 20.3 Å². The Balaban J connectivity index is 2.70. The maximum atomic E-state index is 9.65. The van der Waals surface area contributed by atoms with E-state index in [1.165, 1.54) is 0 Å². The molecule has 0 aromatic heterocycles. The number of carbonyl (C=O) groups is 1. The van der Waals surface area contributed by atoms with Gasteiger partial charge in [-0.25, -0.2) is 0 Å². The van der Waals surface area contributed by atoms with Crippen molar-refractivity contribution in [1.82, 2.24) is 0 Å². The predicted molar refractivity (Wildman–Crippen MR) is 37.7 cm³/mol. The standard InChI is InChI=1S/C7H14O3/c1-9-5-3-2-4-6-10-7-8/h7H,2-6H2,1H3. The summed E-state index contributed by atoms with van der Waals surface area (Å²) < 4.78 is 9.33. The SMILES string of the molecule is COCCCCCOC=O. The van der Waals surface area contributed by atoms with E-state index in [-0.39, 0.29) is 0 Å². The molecule has 10 heavy (non-hydrogen) atoms. The van der Waals surface area contributed by atoms with Gasteiger partial charge in [0, 0.05) is 13.7 Å². The van der Waals surface area contributed by atoms with Gasteiger partial charge in [-0.05, 0) is 19.3 Å². The van der Waals surface area contributed by atoms with E-state index in [1.807, 2.05) is 0 Å². The normalized spacial score (nSPS) is 9.30. The minimum Gasteiger partial charge on any atom is -0.468 e. The van der Waals surface area contributed by atoms with E-state index in [9.17, 15) is 4.79 Å². The monoisotopic (exact) mass is 146 g/mol. The molecule has 0 aromatic rings. The lowest BCUT2D eigenvalue weighted by Gasteiger charge is -1.98. The lowest BCUT2D eigenvalue weighted by molar-refractivity contribution is -0.128. The summed E-state index contributed by atoms with van der Waals surface area (Å²) in [5, 5.41) is 0. The number of hydrogen-bond donors (Lipinski definition) is 0. The minimum absolute atomic E-state index is 0.482. The first-order chi connectivity index (χ1) is 4.91. The lowest BCUT2D eigenvalue weighted by atomic mass is 10.2. The first-order valence-electron chi connectivity index (χ1n) is 3.46. The highest BCUT2D eigenvalue weighted by molar-refractivity contribution is 5.36. The maximum Gasteiger partial charge on any atom is 0.293 e. The molecule has 0 amide bonds. The molecule has 3 nitrogen and oxygen atoms in total. The Morgan fingerprint density at radius 1 is 1.20 bits per heavy atom. The van der Waals surface area contributed by atoms with E-state index in [0.29, 0.717) is 13.1 Å². The molecule has 0 aliphatic heterocycles. The number of methoxy groups -OCH3 is 1. The molecule has 0 aliphatic carbocycles. The number of rotatable bonds is 7. The van der Waals surface area contributed by atoms with E-state index in [4.69, 9.17) is 4.74 Å². The second kappa shape index (κ2) is 8.43. The van der Waals surface area contributed by atoms with Crippen LogP contribution in [0.4, 0.5) is 0 Å². The quantitative estimate of drug-likeness (QED) is 0.396. The summed E-state index contributed by atoms with van der Waals surface area (Å²) in [4.78, 5) is 9.65. The van der Waals surface area contributed by atoms with Crippen molar-refractivity contribution in [3.63, 3.8) is 0 Å². The van der Waals surface area contributed by atoms with E-state index < -0.39 is 0 Å². The van der Waals surface area contributed by atoms with E-state index in [0.717, 1.165) is 25.9 Å². The van der Waals surface area contributed by atoms with Gasteiger partial charge in [0.15, 0.2) is 0 Å². The third-order valence-corrected chi connectivity index (χ3v) is 1.18. The largest absolute Gasteiger partial charge is 0.468 e. The van der Waals surface area contributed by atoms with Crippen LogP contribution in [0.1, 0.15) is 19.3 Å². The molecular weight excluding hydrogens is 132 g/mol. The molecule has 0 aliphatic rings. The molecule has 0 aromatic carbocycles. The molecule has 0 bridgehead atoms. The average molecular weight is 146 g/mol. The van der Waals surface area contributed by atoms with Crippen LogP contribution in [0.2, 0.25) is 0 Å². The highest BCUT2D eigenvalue weighted by Crippen LogP contribution is 1.94. The number of carbonyl (C=O) groups excluding carboxylic acids is 1. The number of hydrogen-bond acceptors (Lipinski definition) is 3. The van der Waals surface area contributed by atoms with Crippen LogP contribution in [0, 0.1) is 0 Å². The molecule has 0 saturated carbocycles. The Hall–Kier alpha value is -0.570. The molecule has 0 unspecified atom stereocenters. The highest BCUT2D eigenvalue weighted by atomic mass is 16.5. The van der Waals surface area contributed by atoms with Gasteiger partial charge in [-0.15, -0.1) is 0 Å². The van der Waals surface area contributed by atoms with Crippen molar-refractivity contribution in [3.05, 3.63) is 0 Å². The summed E-state index contributed by atoms with van der Waals surface area (Å²) in [5.41, 5.74) is 0. The zero-order valence-corrected chi connectivity index (χ0v) is 6.34. The van der Waals surface area contributed by atoms with E-state index >= 15 is 0 Å². The summed E-state index contributed by atoms with van der Waals surface area (Å²) >= 11 is 0. The summed E-state index contributed by atoms with van der Waals surface area (Å²) in [5.74, 6) is 0. The second-order valence-electron chi connectivity index (χ2n) is 2.02. The molecule has 0 radical (unpaired) electrons. The molecular formula is C7H14O3. The summed E-state index contributed by atoms with van der Waals surface area (Å²) in [6.07, 6.45) is 3.03. The third kappa shape index (κ3) is 7.43. The fourth-order valence-corrected chi connectivity index (χ4v) is 0.657. The minimum atomic E-state index is 0.482. The van der Waals surface area contributed by atoms with Gasteiger partial charge in [-0.3, -0.25) is 4.79 Å². The summed E-state index contributed by atoms with van der Waals surface area (Å²) in [7, 11) is 1.68. The number of unbranched alkanes of at least 4 members (excludes halogenated alkanes) is 2. The molecule has 0 spiro atoms. The Labute approximate surface area is 61.3 Å². The molecule has 0 heterocycles. The van der Waals surface area contributed by atoms with E-state index in [1.54, 1.807) is 7.11 Å². The van der Waals surface area contributed by atoms with Gasteiger partial charge in [-0.2, -0.15) is 0 Å². The maximum absolute atomic E-state index is 9.65. The zero-order chi connectivity index (χ0) is 7.66. The Kier molecular flexibility index (Phi) is 7.95. The molecule has 0 rings (SSSR count). The molecule has 0 fully saturated rings. The van der Waals surface area contributed by atoms with Crippen LogP contribution in [-0.2, 0) is 14.3 Å². The molecule has 60 valence electrons. The van der Waals surface area contributed by atoms with Crippen molar-refractivity contribution in [2.24, 2.45) is 0 Å². The third-order valence-electron chi connectivity index (χ3n) is 1.18. The van der Waals surface area contributed by atoms with Gasteiger partial charge in [0.1, 0.15) is 0 Å². The van der Waals surface area contributed by atoms with Crippen LogP contribution in [0.25, 0.3) is 0 Å². The van der Waals surface area contributed by atoms with Gasteiger partial charge >= 0.3 is 0 Å². The zero-order valence-electron chi connectivity index (χ0n) is 6.34. The van der Waals surface area contributed by atoms with Gasteiger partial charge in [0.05, 0.1) is 6.61 Å². The smallest absolute Gasteiger partial charge is 0.293 e. The van der Waals surface area contributed by atoms with Crippen LogP contribution in [0.15, 0.2) is 0 Å². The van der Waals surface area contributed by atoms with Gasteiger partial charge in [0.25, 0.3) is 6.47 Å². The lowest BCUT2D eigenvalue weighted by Crippen LogP contribution is -1.93. The highest BCUT2D eigenvalue weighted by Gasteiger charge is 1.87. The molecule has 3 heteroatoms. The van der Waals surface area contributed by atoms with Gasteiger partial charge in [0.2, 0.25) is 0 Å².